The second-order valence-electron chi connectivity index (χ2n) is 3.64. The van der Waals surface area contributed by atoms with E-state index in [0.717, 1.165) is 22.3 Å². The van der Waals surface area contributed by atoms with Gasteiger partial charge in [-0.2, -0.15) is 4.37 Å². The monoisotopic (exact) mass is 226 g/mol. The van der Waals surface area contributed by atoms with E-state index in [-0.39, 0.29) is 0 Å². The molecule has 3 rings (SSSR count). The lowest BCUT2D eigenvalue weighted by Gasteiger charge is -2.07. The minimum absolute atomic E-state index is 0.782. The first-order valence-electron chi connectivity index (χ1n) is 5.04. The molecule has 0 spiro atoms. The molecule has 0 aliphatic heterocycles. The molecule has 0 atom stereocenters. The molecule has 0 aliphatic rings. The summed E-state index contributed by atoms with van der Waals surface area (Å²) in [6.45, 7) is 0. The number of anilines is 1. The van der Waals surface area contributed by atoms with Crippen molar-refractivity contribution in [2.75, 3.05) is 5.73 Å². The summed E-state index contributed by atoms with van der Waals surface area (Å²) >= 11 is 1.45. The van der Waals surface area contributed by atoms with Gasteiger partial charge in [0, 0.05) is 16.6 Å². The number of hydrogen-bond donors (Lipinski definition) is 1. The molecule has 0 aliphatic carbocycles. The van der Waals surface area contributed by atoms with E-state index in [1.54, 1.807) is 0 Å². The number of nitrogens with zero attached hydrogens (tertiary/aromatic N) is 1. The molecule has 0 saturated carbocycles. The highest BCUT2D eigenvalue weighted by Crippen LogP contribution is 2.33. The van der Waals surface area contributed by atoms with E-state index in [1.165, 1.54) is 16.9 Å². The average Bonchev–Trinajstić information content (AvgIpc) is 2.82. The first-order chi connectivity index (χ1) is 7.86. The number of fused-ring (bicyclic) bond motifs is 1. The summed E-state index contributed by atoms with van der Waals surface area (Å²) in [6.07, 6.45) is 0. The van der Waals surface area contributed by atoms with E-state index in [4.69, 9.17) is 5.73 Å². The molecule has 0 bridgehead atoms. The van der Waals surface area contributed by atoms with Crippen LogP contribution in [-0.4, -0.2) is 4.37 Å². The molecule has 3 heteroatoms. The predicted molar refractivity (Wildman–Crippen MR) is 69.5 cm³/mol. The summed E-state index contributed by atoms with van der Waals surface area (Å²) in [7, 11) is 0. The van der Waals surface area contributed by atoms with Gasteiger partial charge in [0.1, 0.15) is 0 Å². The van der Waals surface area contributed by atoms with Gasteiger partial charge in [0.15, 0.2) is 0 Å². The summed E-state index contributed by atoms with van der Waals surface area (Å²) in [4.78, 5) is 0. The smallest absolute Gasteiger partial charge is 0.0867 e. The van der Waals surface area contributed by atoms with Crippen LogP contribution in [0.2, 0.25) is 0 Å². The normalized spacial score (nSPS) is 10.8. The fourth-order valence-corrected chi connectivity index (χ4v) is 2.43. The highest BCUT2D eigenvalue weighted by atomic mass is 32.1. The maximum atomic E-state index is 6.04. The second kappa shape index (κ2) is 3.61. The van der Waals surface area contributed by atoms with Crippen LogP contribution in [0.25, 0.3) is 22.0 Å². The predicted octanol–water partition coefficient (Wildman–Crippen LogP) is 3.55. The third-order valence-corrected chi connectivity index (χ3v) is 3.22. The van der Waals surface area contributed by atoms with Crippen LogP contribution < -0.4 is 5.73 Å². The molecule has 2 nitrogen and oxygen atoms in total. The Kier molecular flexibility index (Phi) is 2.11. The van der Waals surface area contributed by atoms with E-state index in [0.29, 0.717) is 0 Å². The van der Waals surface area contributed by atoms with Gasteiger partial charge in [-0.25, -0.2) is 0 Å². The molecule has 2 N–H and O–H groups in total. The number of nitrogens with two attached hydrogens (primary N) is 1. The minimum atomic E-state index is 0.782. The zero-order chi connectivity index (χ0) is 11.0. The molecular weight excluding hydrogens is 216 g/mol. The third-order valence-electron chi connectivity index (χ3n) is 2.66. The molecule has 0 unspecified atom stereocenters. The Bertz CT molecular complexity index is 629. The van der Waals surface area contributed by atoms with Gasteiger partial charge >= 0.3 is 0 Å². The Morgan fingerprint density at radius 2 is 1.88 bits per heavy atom. The van der Waals surface area contributed by atoms with Crippen LogP contribution in [-0.2, 0) is 0 Å². The fourth-order valence-electron chi connectivity index (χ4n) is 1.92. The van der Waals surface area contributed by atoms with Crippen LogP contribution in [0.4, 0.5) is 5.69 Å². The molecule has 3 aromatic rings. The van der Waals surface area contributed by atoms with E-state index in [2.05, 4.69) is 16.5 Å². The number of nitrogen functional groups attached to an aromatic ring is 1. The fraction of sp³-hybridized carbons (Fsp3) is 0. The average molecular weight is 226 g/mol. The molecule has 16 heavy (non-hydrogen) atoms. The Hall–Kier alpha value is -1.87. The van der Waals surface area contributed by atoms with Gasteiger partial charge in [-0.1, -0.05) is 30.3 Å². The lowest BCUT2D eigenvalue weighted by atomic mass is 10.0. The van der Waals surface area contributed by atoms with Crippen molar-refractivity contribution in [2.24, 2.45) is 0 Å². The first-order valence-corrected chi connectivity index (χ1v) is 5.88. The maximum absolute atomic E-state index is 6.04. The van der Waals surface area contributed by atoms with Crippen molar-refractivity contribution >= 4 is 28.0 Å². The molecule has 0 radical (unpaired) electrons. The van der Waals surface area contributed by atoms with Crippen molar-refractivity contribution in [3.05, 3.63) is 47.8 Å². The zero-order valence-corrected chi connectivity index (χ0v) is 9.37. The largest absolute Gasteiger partial charge is 0.398 e. The van der Waals surface area contributed by atoms with Crippen LogP contribution >= 0.6 is 11.5 Å². The van der Waals surface area contributed by atoms with Crippen molar-refractivity contribution in [3.8, 4) is 11.3 Å². The Balaban J connectivity index is 2.42. The summed E-state index contributed by atoms with van der Waals surface area (Å²) in [5, 5.41) is 4.32. The Morgan fingerprint density at radius 3 is 2.69 bits per heavy atom. The van der Waals surface area contributed by atoms with Gasteiger partial charge in [-0.05, 0) is 34.4 Å². The summed E-state index contributed by atoms with van der Waals surface area (Å²) in [6, 6.07) is 14.2. The number of benzene rings is 2. The van der Waals surface area contributed by atoms with Crippen molar-refractivity contribution < 1.29 is 0 Å². The van der Waals surface area contributed by atoms with E-state index < -0.39 is 0 Å². The number of aromatic nitrogens is 1. The summed E-state index contributed by atoms with van der Waals surface area (Å²) in [5.41, 5.74) is 8.82. The number of hydrogen-bond acceptors (Lipinski definition) is 3. The molecule has 1 aromatic heterocycles. The SMILES string of the molecule is Nc1ccc2ccccc2c1-c1ccsn1. The van der Waals surface area contributed by atoms with Gasteiger partial charge in [0.05, 0.1) is 5.69 Å². The van der Waals surface area contributed by atoms with Gasteiger partial charge in [-0.3, -0.25) is 0 Å². The first kappa shape index (κ1) is 9.36. The standard InChI is InChI=1S/C13H10N2S/c14-11-6-5-9-3-1-2-4-10(9)13(11)12-7-8-16-15-12/h1-8H,14H2. The third kappa shape index (κ3) is 1.37. The van der Waals surface area contributed by atoms with Crippen molar-refractivity contribution in [3.63, 3.8) is 0 Å². The van der Waals surface area contributed by atoms with Crippen LogP contribution in [0.5, 0.6) is 0 Å². The summed E-state index contributed by atoms with van der Waals surface area (Å²) in [5.74, 6) is 0. The highest BCUT2D eigenvalue weighted by Gasteiger charge is 2.08. The van der Waals surface area contributed by atoms with E-state index >= 15 is 0 Å². The molecule has 0 saturated heterocycles. The van der Waals surface area contributed by atoms with Crippen LogP contribution in [0.3, 0.4) is 0 Å². The van der Waals surface area contributed by atoms with Gasteiger partial charge in [0.2, 0.25) is 0 Å². The van der Waals surface area contributed by atoms with Crippen LogP contribution in [0.1, 0.15) is 0 Å². The minimum Gasteiger partial charge on any atom is -0.398 e. The van der Waals surface area contributed by atoms with E-state index in [9.17, 15) is 0 Å². The van der Waals surface area contributed by atoms with Crippen molar-refractivity contribution in [1.29, 1.82) is 0 Å². The number of rotatable bonds is 1. The van der Waals surface area contributed by atoms with Crippen LogP contribution in [0, 0.1) is 0 Å². The quantitative estimate of drug-likeness (QED) is 0.644. The van der Waals surface area contributed by atoms with Crippen LogP contribution in [0.15, 0.2) is 47.8 Å². The topological polar surface area (TPSA) is 38.9 Å². The van der Waals surface area contributed by atoms with Gasteiger partial charge < -0.3 is 5.73 Å². The molecular formula is C13H10N2S. The van der Waals surface area contributed by atoms with Gasteiger partial charge in [0.25, 0.3) is 0 Å². The molecule has 78 valence electrons. The van der Waals surface area contributed by atoms with E-state index in [1.807, 2.05) is 35.7 Å². The van der Waals surface area contributed by atoms with Crippen molar-refractivity contribution in [1.82, 2.24) is 4.37 Å². The lowest BCUT2D eigenvalue weighted by molar-refractivity contribution is 1.54. The highest BCUT2D eigenvalue weighted by molar-refractivity contribution is 7.03. The Labute approximate surface area is 97.5 Å². The zero-order valence-electron chi connectivity index (χ0n) is 8.55. The summed E-state index contributed by atoms with van der Waals surface area (Å²) < 4.78 is 4.36. The molecule has 2 aromatic carbocycles. The second-order valence-corrected chi connectivity index (χ2v) is 4.30. The molecule has 0 amide bonds. The van der Waals surface area contributed by atoms with Gasteiger partial charge in [-0.15, -0.1) is 0 Å². The lowest BCUT2D eigenvalue weighted by Crippen LogP contribution is -1.91. The molecule has 0 fully saturated rings. The molecule has 1 heterocycles. The van der Waals surface area contributed by atoms with Crippen molar-refractivity contribution in [2.45, 2.75) is 0 Å². The maximum Gasteiger partial charge on any atom is 0.0867 e. The Morgan fingerprint density at radius 1 is 1.00 bits per heavy atom.